The van der Waals surface area contributed by atoms with E-state index in [0.29, 0.717) is 26.0 Å². The van der Waals surface area contributed by atoms with E-state index in [9.17, 15) is 9.59 Å². The van der Waals surface area contributed by atoms with Crippen molar-refractivity contribution in [3.8, 4) is 5.75 Å². The number of piperidine rings is 1. The molecule has 0 atom stereocenters. The van der Waals surface area contributed by atoms with E-state index in [0.717, 1.165) is 82.0 Å². The standard InChI is InChI=1S/C31H38N6O3/c38-29-3-1-17-37(29)27-8-4-25(5-9-27)22-35-18-13-31(14-19-35)21-26-23-36(34-33-26)16-2-20-40-28-10-6-24(7-11-28)12-15-32-30(31)39/h4-11,23H,1-3,12-22H2,(H,32,39). The van der Waals surface area contributed by atoms with Crippen LogP contribution in [0.3, 0.4) is 0 Å². The van der Waals surface area contributed by atoms with Crippen LogP contribution in [-0.2, 0) is 35.5 Å². The molecule has 40 heavy (non-hydrogen) atoms. The molecule has 0 radical (unpaired) electrons. The molecule has 7 rings (SSSR count). The van der Waals surface area contributed by atoms with Gasteiger partial charge in [0.25, 0.3) is 0 Å². The summed E-state index contributed by atoms with van der Waals surface area (Å²) < 4.78 is 7.74. The first-order chi connectivity index (χ1) is 19.6. The van der Waals surface area contributed by atoms with E-state index in [1.807, 2.05) is 27.9 Å². The van der Waals surface area contributed by atoms with Crippen LogP contribution in [0.4, 0.5) is 5.69 Å². The van der Waals surface area contributed by atoms with Crippen molar-refractivity contribution in [2.75, 3.05) is 37.7 Å². The summed E-state index contributed by atoms with van der Waals surface area (Å²) in [5.74, 6) is 1.19. The molecule has 1 N–H and O–H groups in total. The third kappa shape index (κ3) is 6.04. The maximum absolute atomic E-state index is 13.7. The van der Waals surface area contributed by atoms with E-state index in [4.69, 9.17) is 4.74 Å². The van der Waals surface area contributed by atoms with Gasteiger partial charge in [0.2, 0.25) is 11.8 Å². The number of likely N-dealkylation sites (tertiary alicyclic amines) is 1. The predicted molar refractivity (Wildman–Crippen MR) is 152 cm³/mol. The van der Waals surface area contributed by atoms with Crippen LogP contribution < -0.4 is 15.0 Å². The summed E-state index contributed by atoms with van der Waals surface area (Å²) in [7, 11) is 0. The molecule has 210 valence electrons. The Balaban J connectivity index is 1.12. The second-order valence-electron chi connectivity index (χ2n) is 11.4. The van der Waals surface area contributed by atoms with Crippen LogP contribution >= 0.6 is 0 Å². The van der Waals surface area contributed by atoms with Gasteiger partial charge in [-0.05, 0) is 74.2 Å². The first kappa shape index (κ1) is 26.5. The van der Waals surface area contributed by atoms with E-state index in [1.165, 1.54) is 11.1 Å². The molecule has 4 aliphatic rings. The van der Waals surface area contributed by atoms with Gasteiger partial charge >= 0.3 is 0 Å². The molecule has 9 heteroatoms. The highest BCUT2D eigenvalue weighted by atomic mass is 16.5. The SMILES string of the molecule is O=C1CCCN1c1ccc(CN2CCC3(CC2)Cc2cn(nn2)CCCOc2ccc(cc2)CCNC3=O)cc1. The number of anilines is 1. The number of hydrogen-bond acceptors (Lipinski definition) is 6. The van der Waals surface area contributed by atoms with Gasteiger partial charge in [-0.2, -0.15) is 0 Å². The number of fused-ring (bicyclic) bond motifs is 8. The van der Waals surface area contributed by atoms with Gasteiger partial charge in [0.05, 0.1) is 17.7 Å². The Morgan fingerprint density at radius 2 is 1.70 bits per heavy atom. The molecule has 9 nitrogen and oxygen atoms in total. The number of carbonyl (C=O) groups is 2. The lowest BCUT2D eigenvalue weighted by atomic mass is 9.74. The second-order valence-corrected chi connectivity index (χ2v) is 11.4. The average molecular weight is 543 g/mol. The number of aryl methyl sites for hydroxylation is 1. The maximum Gasteiger partial charge on any atom is 0.227 e. The van der Waals surface area contributed by atoms with Crippen molar-refractivity contribution < 1.29 is 14.3 Å². The van der Waals surface area contributed by atoms with Crippen LogP contribution in [0, 0.1) is 5.41 Å². The van der Waals surface area contributed by atoms with Gasteiger partial charge in [0.15, 0.2) is 0 Å². The minimum absolute atomic E-state index is 0.116. The highest BCUT2D eigenvalue weighted by Gasteiger charge is 2.42. The van der Waals surface area contributed by atoms with Crippen LogP contribution in [0.15, 0.2) is 54.7 Å². The Bertz CT molecular complexity index is 1310. The van der Waals surface area contributed by atoms with Crippen molar-refractivity contribution in [2.45, 2.75) is 58.0 Å². The van der Waals surface area contributed by atoms with Crippen molar-refractivity contribution in [3.05, 3.63) is 71.5 Å². The molecule has 0 aliphatic carbocycles. The lowest BCUT2D eigenvalue weighted by Crippen LogP contribution is -2.50. The molecular formula is C31H38N6O3. The topological polar surface area (TPSA) is 92.6 Å². The summed E-state index contributed by atoms with van der Waals surface area (Å²) in [6.07, 6.45) is 7.31. The van der Waals surface area contributed by atoms with Crippen LogP contribution in [0.1, 0.15) is 48.9 Å². The highest BCUT2D eigenvalue weighted by Crippen LogP contribution is 2.36. The third-order valence-electron chi connectivity index (χ3n) is 8.55. The normalized spacial score (nSPS) is 20.4. The smallest absolute Gasteiger partial charge is 0.227 e. The number of ether oxygens (including phenoxy) is 1. The molecular weight excluding hydrogens is 504 g/mol. The number of nitrogens with one attached hydrogen (secondary N) is 1. The van der Waals surface area contributed by atoms with Crippen molar-refractivity contribution in [1.82, 2.24) is 25.2 Å². The number of nitrogens with zero attached hydrogens (tertiary/aromatic N) is 5. The summed E-state index contributed by atoms with van der Waals surface area (Å²) in [5, 5.41) is 12.0. The van der Waals surface area contributed by atoms with Gasteiger partial charge in [-0.3, -0.25) is 19.2 Å². The van der Waals surface area contributed by atoms with Crippen LogP contribution in [0.5, 0.6) is 5.75 Å². The summed E-state index contributed by atoms with van der Waals surface area (Å²) in [6, 6.07) is 16.5. The lowest BCUT2D eigenvalue weighted by Gasteiger charge is -2.40. The van der Waals surface area contributed by atoms with Crippen molar-refractivity contribution in [2.24, 2.45) is 5.41 Å². The number of amides is 2. The average Bonchev–Trinajstić information content (AvgIpc) is 3.61. The fraction of sp³-hybridized carbons (Fsp3) is 0.484. The van der Waals surface area contributed by atoms with Gasteiger partial charge in [0, 0.05) is 57.3 Å². The molecule has 2 fully saturated rings. The molecule has 4 aliphatic heterocycles. The van der Waals surface area contributed by atoms with Gasteiger partial charge in [0.1, 0.15) is 5.75 Å². The molecule has 0 unspecified atom stereocenters. The largest absolute Gasteiger partial charge is 0.494 e. The number of rotatable bonds is 3. The van der Waals surface area contributed by atoms with Gasteiger partial charge in [-0.15, -0.1) is 5.10 Å². The number of hydrogen-bond donors (Lipinski definition) is 1. The summed E-state index contributed by atoms with van der Waals surface area (Å²) >= 11 is 0. The summed E-state index contributed by atoms with van der Waals surface area (Å²) in [5.41, 5.74) is 3.76. The zero-order chi connectivity index (χ0) is 27.4. The van der Waals surface area contributed by atoms with E-state index in [-0.39, 0.29) is 11.8 Å². The van der Waals surface area contributed by atoms with Gasteiger partial charge in [-0.1, -0.05) is 29.5 Å². The maximum atomic E-state index is 13.7. The van der Waals surface area contributed by atoms with Gasteiger partial charge < -0.3 is 15.0 Å². The Hall–Kier alpha value is -3.72. The molecule has 0 saturated carbocycles. The fourth-order valence-electron chi connectivity index (χ4n) is 6.14. The first-order valence-electron chi connectivity index (χ1n) is 14.6. The minimum Gasteiger partial charge on any atom is -0.494 e. The van der Waals surface area contributed by atoms with E-state index in [1.54, 1.807) is 0 Å². The summed E-state index contributed by atoms with van der Waals surface area (Å²) in [4.78, 5) is 30.1. The zero-order valence-electron chi connectivity index (χ0n) is 23.1. The van der Waals surface area contributed by atoms with E-state index in [2.05, 4.69) is 56.9 Å². The van der Waals surface area contributed by atoms with Crippen molar-refractivity contribution in [3.63, 3.8) is 0 Å². The van der Waals surface area contributed by atoms with Crippen molar-refractivity contribution >= 4 is 17.5 Å². The molecule has 1 aromatic heterocycles. The predicted octanol–water partition coefficient (Wildman–Crippen LogP) is 3.37. The van der Waals surface area contributed by atoms with Gasteiger partial charge in [-0.25, -0.2) is 0 Å². The van der Waals surface area contributed by atoms with Crippen molar-refractivity contribution in [1.29, 1.82) is 0 Å². The van der Waals surface area contributed by atoms with E-state index >= 15 is 0 Å². The molecule has 4 bridgehead atoms. The Kier molecular flexibility index (Phi) is 7.82. The molecule has 1 spiro atoms. The van der Waals surface area contributed by atoms with Crippen LogP contribution in [-0.4, -0.2) is 64.5 Å². The second kappa shape index (κ2) is 11.8. The zero-order valence-corrected chi connectivity index (χ0v) is 23.1. The van der Waals surface area contributed by atoms with Crippen LogP contribution in [0.2, 0.25) is 0 Å². The molecule has 2 aromatic carbocycles. The molecule has 5 heterocycles. The highest BCUT2D eigenvalue weighted by molar-refractivity contribution is 5.95. The Morgan fingerprint density at radius 3 is 2.45 bits per heavy atom. The first-order valence-corrected chi connectivity index (χ1v) is 14.6. The Labute approximate surface area is 235 Å². The number of carbonyl (C=O) groups excluding carboxylic acids is 2. The summed E-state index contributed by atoms with van der Waals surface area (Å²) in [6.45, 7) is 5.27. The molecule has 2 amide bonds. The fourth-order valence-corrected chi connectivity index (χ4v) is 6.14. The molecule has 2 saturated heterocycles. The minimum atomic E-state index is -0.502. The number of aromatic nitrogens is 3. The lowest BCUT2D eigenvalue weighted by molar-refractivity contribution is -0.134. The Morgan fingerprint density at radius 1 is 0.900 bits per heavy atom. The quantitative estimate of drug-likeness (QED) is 0.546. The van der Waals surface area contributed by atoms with E-state index < -0.39 is 5.41 Å². The van der Waals surface area contributed by atoms with Crippen LogP contribution in [0.25, 0.3) is 0 Å². The molecule has 3 aromatic rings. The number of benzene rings is 2. The monoisotopic (exact) mass is 542 g/mol. The third-order valence-corrected chi connectivity index (χ3v) is 8.55.